The van der Waals surface area contributed by atoms with Crippen molar-refractivity contribution in [3.63, 3.8) is 0 Å². The van der Waals surface area contributed by atoms with E-state index >= 15 is 0 Å². The molecule has 0 heterocycles. The Kier molecular flexibility index (Phi) is 11.8. The van der Waals surface area contributed by atoms with E-state index in [1.54, 1.807) is 0 Å². The summed E-state index contributed by atoms with van der Waals surface area (Å²) in [5, 5.41) is 0. The monoisotopic (exact) mass is 282 g/mol. The van der Waals surface area contributed by atoms with Crippen LogP contribution in [-0.4, -0.2) is 29.2 Å². The third-order valence-electron chi connectivity index (χ3n) is 2.39. The maximum atomic E-state index is 5.86. The Hall–Kier alpha value is 0.447. The Balaban J connectivity index is 3.95. The predicted octanol–water partition coefficient (Wildman–Crippen LogP) is 3.27. The highest BCUT2D eigenvalue weighted by Crippen LogP contribution is 2.47. The van der Waals surface area contributed by atoms with Gasteiger partial charge in [-0.05, 0) is 19.3 Å². The van der Waals surface area contributed by atoms with Crippen LogP contribution in [-0.2, 0) is 12.5 Å². The zero-order valence-electron chi connectivity index (χ0n) is 12.0. The first-order valence-electron chi connectivity index (χ1n) is 6.90. The molecule has 0 atom stereocenters. The molecule has 0 bridgehead atoms. The van der Waals surface area contributed by atoms with Crippen LogP contribution in [0.4, 0.5) is 0 Å². The number of unbranched alkanes of at least 4 members (excludes halogenated alkanes) is 3. The molecule has 0 aliphatic carbocycles. The molecule has 0 amide bonds. The van der Waals surface area contributed by atoms with E-state index in [0.29, 0.717) is 0 Å². The highest BCUT2D eigenvalue weighted by atomic mass is 32.5. The molecule has 0 aliphatic heterocycles. The zero-order chi connectivity index (χ0) is 13.0. The fraction of sp³-hybridized carbons (Fsp3) is 1.00. The van der Waals surface area contributed by atoms with Crippen molar-refractivity contribution in [1.29, 1.82) is 0 Å². The second-order valence-corrected chi connectivity index (χ2v) is 9.35. The molecule has 0 N–H and O–H groups in total. The molecule has 0 unspecified atom stereocenters. The van der Waals surface area contributed by atoms with Gasteiger partial charge in [-0.1, -0.05) is 40.0 Å². The van der Waals surface area contributed by atoms with Crippen molar-refractivity contribution >= 4 is 19.7 Å². The molecule has 0 spiro atoms. The Morgan fingerprint density at radius 2 is 1.00 bits per heavy atom. The first-order chi connectivity index (χ1) is 8.18. The summed E-state index contributed by atoms with van der Waals surface area (Å²) >= 11 is 0. The van der Waals surface area contributed by atoms with Gasteiger partial charge in [-0.15, -0.1) is 0 Å². The van der Waals surface area contributed by atoms with E-state index in [1.807, 2.05) is 0 Å². The van der Waals surface area contributed by atoms with Crippen LogP contribution in [0.5, 0.6) is 0 Å². The molecule has 106 valence electrons. The van der Waals surface area contributed by atoms with Gasteiger partial charge in [-0.25, -0.2) is 0 Å². The van der Waals surface area contributed by atoms with Crippen molar-refractivity contribution in [2.45, 2.75) is 59.3 Å². The molecular formula is C12H30O3SSi. The fourth-order valence-corrected chi connectivity index (χ4v) is 4.13. The summed E-state index contributed by atoms with van der Waals surface area (Å²) in [6.45, 7) is 8.82. The molecule has 0 saturated carbocycles. The second kappa shape index (κ2) is 11.5. The number of rotatable bonds is 12. The number of hydrogen-bond acceptors (Lipinski definition) is 3. The molecule has 3 nitrogen and oxygen atoms in total. The van der Waals surface area contributed by atoms with E-state index < -0.39 is 10.3 Å². The van der Waals surface area contributed by atoms with Crippen LogP contribution < -0.4 is 0 Å². The van der Waals surface area contributed by atoms with Crippen molar-refractivity contribution in [1.82, 2.24) is 0 Å². The van der Waals surface area contributed by atoms with Gasteiger partial charge in [0.2, 0.25) is 0 Å². The SMILES string of the molecule is CCCCOS([SiH3])(OCCCC)OCCCC. The number of hydrogen-bond donors (Lipinski definition) is 0. The average molecular weight is 283 g/mol. The molecule has 0 aromatic carbocycles. The first-order valence-corrected chi connectivity index (χ1v) is 11.2. The Labute approximate surface area is 112 Å². The summed E-state index contributed by atoms with van der Waals surface area (Å²) in [4.78, 5) is 0. The summed E-state index contributed by atoms with van der Waals surface area (Å²) in [5.41, 5.74) is 0. The molecule has 0 aromatic rings. The standard InChI is InChI=1S/C12H30O3SSi/c1-4-7-10-13-16(17,14-11-8-5-2)15-12-9-6-3/h4-12H2,1-3,17H3. The fourth-order valence-electron chi connectivity index (χ4n) is 1.17. The predicted molar refractivity (Wildman–Crippen MR) is 80.1 cm³/mol. The van der Waals surface area contributed by atoms with E-state index in [1.165, 1.54) is 0 Å². The quantitative estimate of drug-likeness (QED) is 0.406. The van der Waals surface area contributed by atoms with Gasteiger partial charge in [0.25, 0.3) is 0 Å². The van der Waals surface area contributed by atoms with Gasteiger partial charge in [-0.2, -0.15) is 0 Å². The molecular weight excluding hydrogens is 252 g/mol. The van der Waals surface area contributed by atoms with Gasteiger partial charge in [0.1, 0.15) is 9.39 Å². The van der Waals surface area contributed by atoms with Gasteiger partial charge in [-0.3, -0.25) is 12.5 Å². The van der Waals surface area contributed by atoms with Crippen LogP contribution in [0.3, 0.4) is 0 Å². The highest BCUT2D eigenvalue weighted by molar-refractivity contribution is 8.39. The Morgan fingerprint density at radius 3 is 1.24 bits per heavy atom. The average Bonchev–Trinajstić information content (AvgIpc) is 2.30. The lowest BCUT2D eigenvalue weighted by Gasteiger charge is -2.35. The van der Waals surface area contributed by atoms with Gasteiger partial charge in [0.15, 0.2) is 0 Å². The Morgan fingerprint density at radius 1 is 0.706 bits per heavy atom. The van der Waals surface area contributed by atoms with Crippen LogP contribution >= 0.6 is 10.3 Å². The van der Waals surface area contributed by atoms with E-state index in [2.05, 4.69) is 20.8 Å². The third kappa shape index (κ3) is 10.1. The summed E-state index contributed by atoms with van der Waals surface area (Å²) in [5.74, 6) is 0. The molecule has 0 saturated heterocycles. The van der Waals surface area contributed by atoms with Crippen LogP contribution in [0, 0.1) is 0 Å². The summed E-state index contributed by atoms with van der Waals surface area (Å²) < 4.78 is 17.6. The lowest BCUT2D eigenvalue weighted by molar-refractivity contribution is 0.177. The summed E-state index contributed by atoms with van der Waals surface area (Å²) in [6.07, 6.45) is 6.73. The van der Waals surface area contributed by atoms with Gasteiger partial charge >= 0.3 is 0 Å². The smallest absolute Gasteiger partial charge is 0.143 e. The lowest BCUT2D eigenvalue weighted by atomic mass is 10.4. The van der Waals surface area contributed by atoms with Crippen LogP contribution in [0.15, 0.2) is 0 Å². The van der Waals surface area contributed by atoms with Crippen molar-refractivity contribution in [2.24, 2.45) is 0 Å². The second-order valence-electron chi connectivity index (χ2n) is 4.23. The van der Waals surface area contributed by atoms with Gasteiger partial charge < -0.3 is 0 Å². The largest absolute Gasteiger partial charge is 0.298 e. The summed E-state index contributed by atoms with van der Waals surface area (Å²) in [7, 11) is -0.781. The van der Waals surface area contributed by atoms with Crippen molar-refractivity contribution in [3.05, 3.63) is 0 Å². The first kappa shape index (κ1) is 17.4. The van der Waals surface area contributed by atoms with Crippen LogP contribution in [0.1, 0.15) is 59.3 Å². The molecule has 17 heavy (non-hydrogen) atoms. The third-order valence-corrected chi connectivity index (χ3v) is 6.29. The van der Waals surface area contributed by atoms with Gasteiger partial charge in [0, 0.05) is 10.3 Å². The maximum absolute atomic E-state index is 5.86. The molecule has 5 heteroatoms. The van der Waals surface area contributed by atoms with Crippen LogP contribution in [0.2, 0.25) is 0 Å². The molecule has 0 rings (SSSR count). The minimum Gasteiger partial charge on any atom is -0.298 e. The topological polar surface area (TPSA) is 27.7 Å². The minimum absolute atomic E-state index is 0.771. The van der Waals surface area contributed by atoms with E-state index in [0.717, 1.165) is 67.7 Å². The minimum atomic E-state index is -1.62. The van der Waals surface area contributed by atoms with E-state index in [4.69, 9.17) is 12.5 Å². The lowest BCUT2D eigenvalue weighted by Crippen LogP contribution is -2.14. The molecule has 0 aliphatic rings. The van der Waals surface area contributed by atoms with Crippen molar-refractivity contribution < 1.29 is 12.5 Å². The molecule has 0 fully saturated rings. The molecule has 0 aromatic heterocycles. The maximum Gasteiger partial charge on any atom is 0.143 e. The highest BCUT2D eigenvalue weighted by Gasteiger charge is 2.19. The molecule has 0 radical (unpaired) electrons. The zero-order valence-corrected chi connectivity index (χ0v) is 14.8. The van der Waals surface area contributed by atoms with Crippen molar-refractivity contribution in [3.8, 4) is 0 Å². The Bertz CT molecular complexity index is 143. The normalized spacial score (nSPS) is 13.1. The van der Waals surface area contributed by atoms with Gasteiger partial charge in [0.05, 0.1) is 19.8 Å². The van der Waals surface area contributed by atoms with E-state index in [9.17, 15) is 0 Å². The summed E-state index contributed by atoms with van der Waals surface area (Å²) in [6, 6.07) is 0. The van der Waals surface area contributed by atoms with E-state index in [-0.39, 0.29) is 0 Å². The van der Waals surface area contributed by atoms with Crippen molar-refractivity contribution in [2.75, 3.05) is 19.8 Å². The van der Waals surface area contributed by atoms with Crippen LogP contribution in [0.25, 0.3) is 0 Å².